The summed E-state index contributed by atoms with van der Waals surface area (Å²) in [5.74, 6) is -1.15. The number of hydrogen-bond donors (Lipinski definition) is 6. The Morgan fingerprint density at radius 1 is 1.26 bits per heavy atom. The van der Waals surface area contributed by atoms with E-state index in [0.29, 0.717) is 6.67 Å². The molecule has 3 rings (SSSR count). The highest BCUT2D eigenvalue weighted by Crippen LogP contribution is 2.14. The van der Waals surface area contributed by atoms with Gasteiger partial charge in [0, 0.05) is 0 Å². The standard InChI is InChI=1S/C22H34N6O7/c1-13(2)16(25-22(32)34-9-14-6-4-3-5-7-14)20(31)33-10-15(8-29)35-12-28-11-24-17-18(28)26-21(23)27-19(17)30/h3-7,13,15-18,21,24,26,29H,8-12,23H2,1-2H3,(H,25,32)(H,27,30)/t15?,16-,17?,18?,21?/m0/s1. The number of nitrogens with two attached hydrogens (primary N) is 1. The van der Waals surface area contributed by atoms with Crippen molar-refractivity contribution < 1.29 is 33.7 Å². The van der Waals surface area contributed by atoms with Crippen LogP contribution in [0, 0.1) is 5.92 Å². The van der Waals surface area contributed by atoms with Crippen LogP contribution < -0.4 is 27.0 Å². The lowest BCUT2D eigenvalue weighted by molar-refractivity contribution is -0.155. The molecule has 0 radical (unpaired) electrons. The number of esters is 1. The van der Waals surface area contributed by atoms with Crippen molar-refractivity contribution >= 4 is 18.0 Å². The molecule has 2 fully saturated rings. The lowest BCUT2D eigenvalue weighted by atomic mass is 10.1. The molecule has 4 unspecified atom stereocenters. The van der Waals surface area contributed by atoms with Gasteiger partial charge in [0.15, 0.2) is 0 Å². The number of nitrogens with one attached hydrogen (secondary N) is 4. The number of hydrogen-bond acceptors (Lipinski definition) is 11. The number of alkyl carbamates (subject to hydrolysis) is 1. The molecule has 2 aliphatic heterocycles. The highest BCUT2D eigenvalue weighted by molar-refractivity contribution is 5.84. The van der Waals surface area contributed by atoms with Gasteiger partial charge in [0.1, 0.15) is 44.4 Å². The van der Waals surface area contributed by atoms with E-state index in [-0.39, 0.29) is 37.9 Å². The van der Waals surface area contributed by atoms with Crippen LogP contribution in [0.4, 0.5) is 4.79 Å². The van der Waals surface area contributed by atoms with Crippen LogP contribution in [-0.4, -0.2) is 85.2 Å². The highest BCUT2D eigenvalue weighted by atomic mass is 16.6. The van der Waals surface area contributed by atoms with E-state index in [0.717, 1.165) is 5.56 Å². The van der Waals surface area contributed by atoms with Crippen LogP contribution in [0.2, 0.25) is 0 Å². The van der Waals surface area contributed by atoms with Gasteiger partial charge in [-0.3, -0.25) is 26.1 Å². The minimum Gasteiger partial charge on any atom is -0.461 e. The van der Waals surface area contributed by atoms with Gasteiger partial charge in [-0.1, -0.05) is 44.2 Å². The number of ether oxygens (including phenoxy) is 3. The summed E-state index contributed by atoms with van der Waals surface area (Å²) >= 11 is 0. The Kier molecular flexibility index (Phi) is 9.77. The molecular formula is C22H34N6O7. The zero-order chi connectivity index (χ0) is 25.4. The number of nitrogens with zero attached hydrogens (tertiary/aromatic N) is 1. The molecule has 0 aromatic heterocycles. The van der Waals surface area contributed by atoms with Gasteiger partial charge in [-0.25, -0.2) is 9.59 Å². The van der Waals surface area contributed by atoms with Crippen molar-refractivity contribution in [2.75, 3.05) is 26.6 Å². The number of aliphatic hydroxyl groups is 1. The number of carbonyl (C=O) groups excluding carboxylic acids is 3. The van der Waals surface area contributed by atoms with Crippen molar-refractivity contribution in [3.63, 3.8) is 0 Å². The molecule has 13 nitrogen and oxygen atoms in total. The molecule has 13 heteroatoms. The summed E-state index contributed by atoms with van der Waals surface area (Å²) in [6, 6.07) is 7.75. The summed E-state index contributed by atoms with van der Waals surface area (Å²) in [5.41, 5.74) is 6.59. The molecule has 0 bridgehead atoms. The summed E-state index contributed by atoms with van der Waals surface area (Å²) in [4.78, 5) is 38.6. The minimum absolute atomic E-state index is 0.0572. The Balaban J connectivity index is 1.43. The fourth-order valence-corrected chi connectivity index (χ4v) is 3.68. The quantitative estimate of drug-likeness (QED) is 0.194. The number of carbonyl (C=O) groups is 3. The second-order valence-corrected chi connectivity index (χ2v) is 8.68. The zero-order valence-electron chi connectivity index (χ0n) is 19.8. The Labute approximate surface area is 203 Å². The number of amides is 2. The van der Waals surface area contributed by atoms with E-state index >= 15 is 0 Å². The van der Waals surface area contributed by atoms with E-state index in [1.165, 1.54) is 0 Å². The summed E-state index contributed by atoms with van der Waals surface area (Å²) in [5, 5.41) is 20.9. The van der Waals surface area contributed by atoms with Gasteiger partial charge in [-0.2, -0.15) is 0 Å². The molecule has 2 amide bonds. The molecule has 0 spiro atoms. The van der Waals surface area contributed by atoms with Crippen molar-refractivity contribution in [1.82, 2.24) is 26.2 Å². The van der Waals surface area contributed by atoms with E-state index in [4.69, 9.17) is 19.9 Å². The second kappa shape index (κ2) is 12.8. The molecule has 0 saturated carbocycles. The van der Waals surface area contributed by atoms with Crippen LogP contribution in [0.5, 0.6) is 0 Å². The van der Waals surface area contributed by atoms with Gasteiger partial charge in [0.25, 0.3) is 0 Å². The first-order chi connectivity index (χ1) is 16.8. The van der Waals surface area contributed by atoms with Gasteiger partial charge in [-0.15, -0.1) is 0 Å². The third kappa shape index (κ3) is 7.59. The largest absolute Gasteiger partial charge is 0.461 e. The zero-order valence-corrected chi connectivity index (χ0v) is 19.8. The third-order valence-corrected chi connectivity index (χ3v) is 5.65. The molecule has 5 atom stereocenters. The lowest BCUT2D eigenvalue weighted by Crippen LogP contribution is -2.70. The first-order valence-electron chi connectivity index (χ1n) is 11.4. The summed E-state index contributed by atoms with van der Waals surface area (Å²) in [7, 11) is 0. The highest BCUT2D eigenvalue weighted by Gasteiger charge is 2.43. The molecule has 2 aliphatic rings. The Bertz CT molecular complexity index is 858. The van der Waals surface area contributed by atoms with Gasteiger partial charge in [0.05, 0.1) is 19.4 Å². The van der Waals surface area contributed by atoms with Crippen molar-refractivity contribution in [3.8, 4) is 0 Å². The first-order valence-corrected chi connectivity index (χ1v) is 11.4. The molecule has 7 N–H and O–H groups in total. The van der Waals surface area contributed by atoms with Crippen LogP contribution in [0.15, 0.2) is 30.3 Å². The number of benzene rings is 1. The van der Waals surface area contributed by atoms with Crippen LogP contribution in [0.1, 0.15) is 19.4 Å². The molecule has 2 heterocycles. The smallest absolute Gasteiger partial charge is 0.408 e. The average Bonchev–Trinajstić information content (AvgIpc) is 3.24. The van der Waals surface area contributed by atoms with E-state index < -0.39 is 43.1 Å². The minimum atomic E-state index is -0.937. The van der Waals surface area contributed by atoms with Crippen LogP contribution in [-0.2, 0) is 30.4 Å². The topological polar surface area (TPSA) is 177 Å². The SMILES string of the molecule is CC(C)[C@H](NC(=O)OCc1ccccc1)C(=O)OCC(CO)OCN1CNC2C(=O)NC(N)NC21. The van der Waals surface area contributed by atoms with Gasteiger partial charge >= 0.3 is 12.1 Å². The van der Waals surface area contributed by atoms with Gasteiger partial charge < -0.3 is 30.0 Å². The predicted molar refractivity (Wildman–Crippen MR) is 123 cm³/mol. The summed E-state index contributed by atoms with van der Waals surface area (Å²) in [6.45, 7) is 3.40. The lowest BCUT2D eigenvalue weighted by Gasteiger charge is -2.35. The monoisotopic (exact) mass is 494 g/mol. The van der Waals surface area contributed by atoms with Crippen molar-refractivity contribution in [1.29, 1.82) is 0 Å². The molecule has 1 aromatic carbocycles. The maximum atomic E-state index is 12.6. The van der Waals surface area contributed by atoms with Crippen molar-refractivity contribution in [3.05, 3.63) is 35.9 Å². The van der Waals surface area contributed by atoms with Crippen LogP contribution >= 0.6 is 0 Å². The molecule has 35 heavy (non-hydrogen) atoms. The predicted octanol–water partition coefficient (Wildman–Crippen LogP) is -1.67. The van der Waals surface area contributed by atoms with Crippen LogP contribution in [0.25, 0.3) is 0 Å². The third-order valence-electron chi connectivity index (χ3n) is 5.65. The number of fused-ring (bicyclic) bond motifs is 1. The van der Waals surface area contributed by atoms with E-state index in [9.17, 15) is 19.5 Å². The Hall–Kier alpha value is -2.81. The molecular weight excluding hydrogens is 460 g/mol. The fraction of sp³-hybridized carbons (Fsp3) is 0.591. The average molecular weight is 495 g/mol. The maximum Gasteiger partial charge on any atom is 0.408 e. The Morgan fingerprint density at radius 3 is 2.69 bits per heavy atom. The molecule has 2 saturated heterocycles. The summed E-state index contributed by atoms with van der Waals surface area (Å²) in [6.07, 6.45) is -2.60. The maximum absolute atomic E-state index is 12.6. The molecule has 194 valence electrons. The summed E-state index contributed by atoms with van der Waals surface area (Å²) < 4.78 is 16.2. The Morgan fingerprint density at radius 2 is 2.00 bits per heavy atom. The molecule has 1 aromatic rings. The van der Waals surface area contributed by atoms with Crippen molar-refractivity contribution in [2.45, 2.75) is 51.1 Å². The number of rotatable bonds is 11. The van der Waals surface area contributed by atoms with Crippen LogP contribution in [0.3, 0.4) is 0 Å². The number of aliphatic hydroxyl groups excluding tert-OH is 1. The van der Waals surface area contributed by atoms with E-state index in [1.54, 1.807) is 18.7 Å². The normalized spacial score (nSPS) is 23.8. The van der Waals surface area contributed by atoms with E-state index in [2.05, 4.69) is 21.3 Å². The van der Waals surface area contributed by atoms with E-state index in [1.807, 2.05) is 30.3 Å². The van der Waals surface area contributed by atoms with Gasteiger partial charge in [-0.05, 0) is 11.5 Å². The fourth-order valence-electron chi connectivity index (χ4n) is 3.68. The van der Waals surface area contributed by atoms with Crippen molar-refractivity contribution in [2.24, 2.45) is 11.7 Å². The van der Waals surface area contributed by atoms with Gasteiger partial charge in [0.2, 0.25) is 5.91 Å². The second-order valence-electron chi connectivity index (χ2n) is 8.68. The molecule has 0 aliphatic carbocycles. The first kappa shape index (κ1) is 26.8.